The number of amides is 1. The van der Waals surface area contributed by atoms with Crippen molar-refractivity contribution >= 4 is 40.0 Å². The number of carbonyl (C=O) groups excluding carboxylic acids is 1. The molecular weight excluding hydrogens is 484 g/mol. The van der Waals surface area contributed by atoms with Crippen LogP contribution in [0.5, 0.6) is 11.5 Å². The lowest BCUT2D eigenvalue weighted by Crippen LogP contribution is -2.14. The zero-order valence-electron chi connectivity index (χ0n) is 21.0. The summed E-state index contributed by atoms with van der Waals surface area (Å²) in [5.41, 5.74) is 4.19. The molecule has 0 atom stereocenters. The molecule has 0 bridgehead atoms. The van der Waals surface area contributed by atoms with E-state index in [1.807, 2.05) is 69.3 Å². The molecule has 4 aromatic rings. The average Bonchev–Trinajstić information content (AvgIpc) is 2.88. The summed E-state index contributed by atoms with van der Waals surface area (Å²) >= 11 is 6.61. The molecule has 0 aromatic heterocycles. The van der Waals surface area contributed by atoms with Crippen molar-refractivity contribution in [3.05, 3.63) is 106 Å². The molecule has 186 valence electrons. The van der Waals surface area contributed by atoms with E-state index in [1.165, 1.54) is 6.08 Å². The Balaban J connectivity index is 1.60. The van der Waals surface area contributed by atoms with Crippen molar-refractivity contribution in [3.8, 4) is 17.6 Å². The van der Waals surface area contributed by atoms with Crippen molar-refractivity contribution < 1.29 is 14.3 Å². The van der Waals surface area contributed by atoms with Crippen LogP contribution in [-0.2, 0) is 11.4 Å². The molecule has 1 N–H and O–H groups in total. The average molecular weight is 511 g/mol. The SMILES string of the molecule is CCOc1cc(/C=C(\C#N)C(=O)Nc2ccc(C)cc2C)cc(Cl)c1OCc1cccc2ccccc12. The number of fused-ring (bicyclic) bond motifs is 1. The maximum Gasteiger partial charge on any atom is 0.266 e. The molecule has 0 aliphatic carbocycles. The molecule has 0 saturated carbocycles. The van der Waals surface area contributed by atoms with Crippen LogP contribution in [0.2, 0.25) is 5.02 Å². The summed E-state index contributed by atoms with van der Waals surface area (Å²) in [6.07, 6.45) is 1.49. The van der Waals surface area contributed by atoms with Crippen LogP contribution in [-0.4, -0.2) is 12.5 Å². The fourth-order valence-electron chi connectivity index (χ4n) is 4.10. The third-order valence-electron chi connectivity index (χ3n) is 5.89. The van der Waals surface area contributed by atoms with Crippen molar-refractivity contribution in [2.24, 2.45) is 0 Å². The second kappa shape index (κ2) is 11.6. The number of ether oxygens (including phenoxy) is 2. The predicted molar refractivity (Wildman–Crippen MR) is 149 cm³/mol. The maximum atomic E-state index is 12.8. The van der Waals surface area contributed by atoms with Gasteiger partial charge in [0.25, 0.3) is 5.91 Å². The Bertz CT molecular complexity index is 1530. The monoisotopic (exact) mass is 510 g/mol. The fraction of sp³-hybridized carbons (Fsp3) is 0.161. The number of nitrogens with zero attached hydrogens (tertiary/aromatic N) is 1. The Morgan fingerprint density at radius 1 is 1.03 bits per heavy atom. The molecule has 1 amide bonds. The molecule has 5 nitrogen and oxygen atoms in total. The zero-order valence-corrected chi connectivity index (χ0v) is 21.7. The van der Waals surface area contributed by atoms with E-state index in [4.69, 9.17) is 21.1 Å². The Kier molecular flexibility index (Phi) is 8.12. The quantitative estimate of drug-likeness (QED) is 0.195. The summed E-state index contributed by atoms with van der Waals surface area (Å²) in [6.45, 7) is 6.45. The van der Waals surface area contributed by atoms with Gasteiger partial charge in [0.1, 0.15) is 18.2 Å². The highest BCUT2D eigenvalue weighted by molar-refractivity contribution is 6.32. The highest BCUT2D eigenvalue weighted by Gasteiger charge is 2.16. The summed E-state index contributed by atoms with van der Waals surface area (Å²) < 4.78 is 11.9. The molecule has 0 aliphatic rings. The number of nitriles is 1. The predicted octanol–water partition coefficient (Wildman–Crippen LogP) is 7.63. The van der Waals surface area contributed by atoms with Gasteiger partial charge in [-0.15, -0.1) is 0 Å². The third kappa shape index (κ3) is 6.11. The number of hydrogen-bond acceptors (Lipinski definition) is 4. The molecule has 0 heterocycles. The van der Waals surface area contributed by atoms with Crippen molar-refractivity contribution in [1.82, 2.24) is 0 Å². The van der Waals surface area contributed by atoms with E-state index in [2.05, 4.69) is 23.5 Å². The van der Waals surface area contributed by atoms with Crippen LogP contribution >= 0.6 is 11.6 Å². The van der Waals surface area contributed by atoms with Gasteiger partial charge in [0, 0.05) is 5.69 Å². The van der Waals surface area contributed by atoms with Crippen LogP contribution < -0.4 is 14.8 Å². The van der Waals surface area contributed by atoms with Gasteiger partial charge in [-0.1, -0.05) is 71.8 Å². The van der Waals surface area contributed by atoms with E-state index in [0.29, 0.717) is 41.0 Å². The molecule has 4 rings (SSSR count). The summed E-state index contributed by atoms with van der Waals surface area (Å²) in [6, 6.07) is 25.2. The topological polar surface area (TPSA) is 71.3 Å². The minimum atomic E-state index is -0.500. The van der Waals surface area contributed by atoms with Crippen LogP contribution in [0.1, 0.15) is 29.2 Å². The summed E-state index contributed by atoms with van der Waals surface area (Å²) in [5, 5.41) is 15.0. The highest BCUT2D eigenvalue weighted by atomic mass is 35.5. The molecule has 0 aliphatic heterocycles. The van der Waals surface area contributed by atoms with Gasteiger partial charge in [-0.25, -0.2) is 0 Å². The molecule has 0 spiro atoms. The van der Waals surface area contributed by atoms with E-state index in [9.17, 15) is 10.1 Å². The van der Waals surface area contributed by atoms with Crippen molar-refractivity contribution in [1.29, 1.82) is 5.26 Å². The lowest BCUT2D eigenvalue weighted by molar-refractivity contribution is -0.112. The molecule has 0 saturated heterocycles. The normalized spacial score (nSPS) is 11.2. The van der Waals surface area contributed by atoms with Crippen LogP contribution in [0.4, 0.5) is 5.69 Å². The second-order valence-electron chi connectivity index (χ2n) is 8.63. The number of carbonyl (C=O) groups is 1. The fourth-order valence-corrected chi connectivity index (χ4v) is 4.37. The van der Waals surface area contributed by atoms with Gasteiger partial charge in [0.05, 0.1) is 11.6 Å². The first-order valence-electron chi connectivity index (χ1n) is 12.0. The molecular formula is C31H27ClN2O3. The first-order chi connectivity index (χ1) is 17.9. The van der Waals surface area contributed by atoms with Gasteiger partial charge in [-0.05, 0) is 72.5 Å². The Morgan fingerprint density at radius 3 is 2.57 bits per heavy atom. The van der Waals surface area contributed by atoms with Gasteiger partial charge < -0.3 is 14.8 Å². The third-order valence-corrected chi connectivity index (χ3v) is 6.17. The first kappa shape index (κ1) is 25.8. The van der Waals surface area contributed by atoms with E-state index < -0.39 is 5.91 Å². The second-order valence-corrected chi connectivity index (χ2v) is 9.04. The first-order valence-corrected chi connectivity index (χ1v) is 12.3. The molecule has 4 aromatic carbocycles. The Hall–Kier alpha value is -4.27. The minimum Gasteiger partial charge on any atom is -0.490 e. The van der Waals surface area contributed by atoms with Crippen molar-refractivity contribution in [2.45, 2.75) is 27.4 Å². The van der Waals surface area contributed by atoms with Crippen molar-refractivity contribution in [2.75, 3.05) is 11.9 Å². The number of rotatable bonds is 8. The summed E-state index contributed by atoms with van der Waals surface area (Å²) in [5.74, 6) is 0.347. The summed E-state index contributed by atoms with van der Waals surface area (Å²) in [4.78, 5) is 12.8. The molecule has 6 heteroatoms. The highest BCUT2D eigenvalue weighted by Crippen LogP contribution is 2.38. The van der Waals surface area contributed by atoms with Gasteiger partial charge in [-0.2, -0.15) is 5.26 Å². The van der Waals surface area contributed by atoms with Crippen molar-refractivity contribution in [3.63, 3.8) is 0 Å². The number of benzene rings is 4. The van der Waals surface area contributed by atoms with Gasteiger partial charge >= 0.3 is 0 Å². The Morgan fingerprint density at radius 2 is 1.81 bits per heavy atom. The summed E-state index contributed by atoms with van der Waals surface area (Å²) in [7, 11) is 0. The van der Waals surface area contributed by atoms with Crippen LogP contribution in [0.3, 0.4) is 0 Å². The number of halogens is 1. The molecule has 0 radical (unpaired) electrons. The van der Waals surface area contributed by atoms with Crippen LogP contribution in [0.15, 0.2) is 78.4 Å². The molecule has 0 fully saturated rings. The molecule has 0 unspecified atom stereocenters. The van der Waals surface area contributed by atoms with Crippen LogP contribution in [0.25, 0.3) is 16.8 Å². The van der Waals surface area contributed by atoms with Crippen LogP contribution in [0, 0.1) is 25.2 Å². The largest absolute Gasteiger partial charge is 0.490 e. The number of hydrogen-bond donors (Lipinski definition) is 1. The number of anilines is 1. The lowest BCUT2D eigenvalue weighted by atomic mass is 10.1. The molecule has 37 heavy (non-hydrogen) atoms. The lowest BCUT2D eigenvalue weighted by Gasteiger charge is -2.15. The Labute approximate surface area is 221 Å². The van der Waals surface area contributed by atoms with E-state index >= 15 is 0 Å². The number of nitrogens with one attached hydrogen (secondary N) is 1. The maximum absolute atomic E-state index is 12.8. The zero-order chi connectivity index (χ0) is 26.4. The van der Waals surface area contributed by atoms with Gasteiger partial charge in [0.15, 0.2) is 11.5 Å². The van der Waals surface area contributed by atoms with E-state index in [-0.39, 0.29) is 5.57 Å². The van der Waals surface area contributed by atoms with E-state index in [1.54, 1.807) is 12.1 Å². The standard InChI is InChI=1S/C31H27ClN2O3/c1-4-36-29-17-22(15-25(18-33)31(35)34-28-13-12-20(2)14-21(28)3)16-27(32)30(29)37-19-24-10-7-9-23-8-5-6-11-26(23)24/h5-17H,4,19H2,1-3H3,(H,34,35)/b25-15+. The van der Waals surface area contributed by atoms with E-state index in [0.717, 1.165) is 27.5 Å². The minimum absolute atomic E-state index is 0.0529. The smallest absolute Gasteiger partial charge is 0.266 e. The van der Waals surface area contributed by atoms with Gasteiger partial charge in [-0.3, -0.25) is 4.79 Å². The van der Waals surface area contributed by atoms with Gasteiger partial charge in [0.2, 0.25) is 0 Å². The number of aryl methyl sites for hydroxylation is 2.